The van der Waals surface area contributed by atoms with E-state index in [1.165, 1.54) is 64.8 Å². The van der Waals surface area contributed by atoms with E-state index in [1.54, 1.807) is 215 Å². The van der Waals surface area contributed by atoms with Gasteiger partial charge in [0.15, 0.2) is 0 Å². The first kappa shape index (κ1) is 114. The number of carbonyl (C=O) groups excluding carboxylic acids is 10. The number of hydrogen-bond acceptors (Lipinski definition) is 28. The first-order chi connectivity index (χ1) is 62.7. The molecule has 0 aromatic heterocycles. The maximum atomic E-state index is 12.6. The van der Waals surface area contributed by atoms with Crippen LogP contribution in [0.3, 0.4) is 0 Å². The molecule has 11 aromatic carbocycles. The summed E-state index contributed by atoms with van der Waals surface area (Å²) in [6.45, 7) is 0. The van der Waals surface area contributed by atoms with Gasteiger partial charge in [0, 0.05) is 53.9 Å². The van der Waals surface area contributed by atoms with Gasteiger partial charge in [0.2, 0.25) is 5.91 Å². The number of ether oxygens (including phenoxy) is 14. The first-order valence-electron chi connectivity index (χ1n) is 39.3. The van der Waals surface area contributed by atoms with Gasteiger partial charge in [0.25, 0.3) is 16.4 Å². The number of esters is 4. The topological polar surface area (TPSA) is 364 Å². The average Bonchev–Trinajstić information content (AvgIpc) is 1.70. The molecule has 32 heteroatoms. The normalized spacial score (nSPS) is 12.1. The van der Waals surface area contributed by atoms with Crippen LogP contribution in [0.2, 0.25) is 0 Å². The van der Waals surface area contributed by atoms with Crippen molar-refractivity contribution in [1.82, 2.24) is 10.6 Å². The van der Waals surface area contributed by atoms with Crippen molar-refractivity contribution in [3.8, 4) is 80.5 Å². The Bertz CT molecular complexity index is 5640. The molecule has 3 atom stereocenters. The monoisotopic (exact) mass is 1930 g/mol. The summed E-state index contributed by atoms with van der Waals surface area (Å²) in [5.74, 6) is 4.25. The summed E-state index contributed by atoms with van der Waals surface area (Å²) < 4.78 is 86.0. The van der Waals surface area contributed by atoms with Gasteiger partial charge in [-0.05, 0) is 251 Å². The minimum absolute atomic E-state index is 0. The zero-order valence-corrected chi connectivity index (χ0v) is 76.3. The van der Waals surface area contributed by atoms with E-state index in [1.807, 2.05) is 60.7 Å². The van der Waals surface area contributed by atoms with Gasteiger partial charge in [-0.1, -0.05) is 102 Å². The molecule has 1 radical (unpaired) electrons. The van der Waals surface area contributed by atoms with E-state index in [2.05, 4.69) is 10.6 Å². The summed E-state index contributed by atoms with van der Waals surface area (Å²) in [7, 11) is 18.0. The van der Waals surface area contributed by atoms with E-state index in [-0.39, 0.29) is 99.9 Å². The Morgan fingerprint density at radius 2 is 0.674 bits per heavy atom. The minimum Gasteiger partial charge on any atom is -0.508 e. The van der Waals surface area contributed by atoms with E-state index in [4.69, 9.17) is 66.3 Å². The second kappa shape index (κ2) is 58.9. The summed E-state index contributed by atoms with van der Waals surface area (Å²) >= 11 is 1.88. The van der Waals surface area contributed by atoms with Gasteiger partial charge in [0.1, 0.15) is 98.9 Å². The molecule has 713 valence electrons. The van der Waals surface area contributed by atoms with Crippen molar-refractivity contribution in [2.45, 2.75) is 66.7 Å². The number of phenolic OH excluding ortho intramolecular Hbond substituents is 2. The molecule has 2 fully saturated rings. The molecule has 2 heterocycles. The number of hydrogen-bond donors (Lipinski definition) is 4. The molecule has 0 spiro atoms. The summed E-state index contributed by atoms with van der Waals surface area (Å²) in [6, 6.07) is 68.6. The van der Waals surface area contributed by atoms with Crippen LogP contribution in [-0.2, 0) is 85.5 Å². The van der Waals surface area contributed by atoms with Gasteiger partial charge in [-0.25, -0.2) is 9.18 Å². The molecule has 13 rings (SSSR count). The van der Waals surface area contributed by atoms with Crippen molar-refractivity contribution in [1.29, 1.82) is 0 Å². The van der Waals surface area contributed by atoms with Gasteiger partial charge in [-0.15, -0.1) is 0 Å². The van der Waals surface area contributed by atoms with Crippen LogP contribution in [0.15, 0.2) is 248 Å². The number of methoxy groups -OCH3 is 12. The smallest absolute Gasteiger partial charge is 0.338 e. The van der Waals surface area contributed by atoms with Crippen LogP contribution < -0.4 is 58.0 Å². The van der Waals surface area contributed by atoms with Crippen molar-refractivity contribution in [2.24, 2.45) is 0 Å². The quantitative estimate of drug-likeness (QED) is 0.0107. The predicted molar refractivity (Wildman–Crippen MR) is 515 cm³/mol. The predicted octanol–water partition coefficient (Wildman–Crippen LogP) is 20.3. The fourth-order valence-electron chi connectivity index (χ4n) is 12.4. The van der Waals surface area contributed by atoms with Gasteiger partial charge in [-0.3, -0.25) is 53.8 Å². The maximum absolute atomic E-state index is 12.6. The number of imide groups is 2. The molecule has 4 amide bonds. The molecule has 11 aromatic rings. The van der Waals surface area contributed by atoms with Gasteiger partial charge in [0.05, 0.1) is 119 Å². The second-order valence-electron chi connectivity index (χ2n) is 27.6. The van der Waals surface area contributed by atoms with Gasteiger partial charge < -0.3 is 76.5 Å². The fourth-order valence-corrected chi connectivity index (χ4v) is 13.6. The largest absolute Gasteiger partial charge is 0.508 e. The third-order valence-electron chi connectivity index (χ3n) is 19.0. The number of carbonyl (C=O) groups is 10. The van der Waals surface area contributed by atoms with Crippen molar-refractivity contribution in [2.75, 3.05) is 91.1 Å². The van der Waals surface area contributed by atoms with E-state index >= 15 is 0 Å². The molecule has 0 saturated carbocycles. The zero-order valence-electron chi connectivity index (χ0n) is 73.3. The van der Waals surface area contributed by atoms with Crippen molar-refractivity contribution in [3.05, 3.63) is 315 Å². The molecule has 2 saturated heterocycles. The van der Waals surface area contributed by atoms with E-state index < -0.39 is 29.6 Å². The number of thioether (sulfide) groups is 2. The number of rotatable bonds is 30. The van der Waals surface area contributed by atoms with Gasteiger partial charge in [-0.2, -0.15) is 0 Å². The zero-order chi connectivity index (χ0) is 94.2. The number of halogens is 1. The number of nitrogens with one attached hydrogen (secondary N) is 2. The Morgan fingerprint density at radius 3 is 0.948 bits per heavy atom. The van der Waals surface area contributed by atoms with Crippen LogP contribution in [0.25, 0.3) is 17.7 Å². The molecular weight excluding hydrogens is 1820 g/mol. The van der Waals surface area contributed by atoms with Gasteiger partial charge >= 0.3 is 23.9 Å². The van der Waals surface area contributed by atoms with E-state index in [0.29, 0.717) is 127 Å². The molecule has 2 aliphatic rings. The summed E-state index contributed by atoms with van der Waals surface area (Å²) in [5.41, 5.74) is 8.60. The van der Waals surface area contributed by atoms with Crippen molar-refractivity contribution < 1.29 is 147 Å². The first-order valence-corrected chi connectivity index (χ1v) is 41.1. The summed E-state index contributed by atoms with van der Waals surface area (Å²) in [5, 5.41) is 22.5. The minimum atomic E-state index is -0.527. The summed E-state index contributed by atoms with van der Waals surface area (Å²) in [6.07, 6.45) is 6.05. The molecule has 0 aliphatic carbocycles. The van der Waals surface area contributed by atoms with E-state index in [9.17, 15) is 62.5 Å². The van der Waals surface area contributed by atoms with Crippen molar-refractivity contribution >= 4 is 100.0 Å². The number of aromatic hydroxyl groups is 2. The average molecular weight is 1930 g/mol. The maximum Gasteiger partial charge on any atom is 0.338 e. The third-order valence-corrected chi connectivity index (χ3v) is 20.6. The van der Waals surface area contributed by atoms with E-state index in [0.717, 1.165) is 74.3 Å². The van der Waals surface area contributed by atoms with Crippen LogP contribution in [0.1, 0.15) is 118 Å². The molecule has 3 unspecified atom stereocenters. The Morgan fingerprint density at radius 1 is 0.370 bits per heavy atom. The Kier molecular flexibility index (Phi) is 49.9. The molecule has 135 heavy (non-hydrogen) atoms. The number of aldehydes is 2. The second-order valence-corrected chi connectivity index (χ2v) is 29.5. The standard InChI is InChI=1S/C28H25NO7S.C25H24O6.C18H20O5.C18H18O5.C7H5FO.C3H3NO2S.4CH4.V/c1-33-22-12-18(13-23(16-22)34-2)14-24(27(31)35-3)19-6-10-21(11-7-19)36-20-8-4-17(5-9-20)15-25-26(30)29-28(32)37-25;1-28-22-12-18(13-23(15-22)29-2)14-24(25(27)30-3)19-6-10-21(11-7-19)31-20-8-4-17(16-26)5-9-20;2*1-21-15-8-12(9-16(11-15)22-2)10-17(18(20)23-3)13-4-6-14(19)7-5-13;8-7-3-1-6(5-9)2-4-7;5-2-1-7-3(6)4-2;;;;;/h4-13,15-16,24H,14H2,1-3H3,(H,29,30,32);4-13,15-16,24H,14H2,1-3H3;4-9,11,17,19H,10H2,1-3H3;4-11,19H,1-3H3;1-5H;1H2,(H,4,5,6);4*1H4;/b25-15-;;;17-10+;;;;;;;. The summed E-state index contributed by atoms with van der Waals surface area (Å²) in [4.78, 5) is 114. The SMILES string of the molecule is C.C.C.C.COC(=O)/C(=C/c1cc(OC)cc(OC)c1)c1ccc(O)cc1.COC(=O)C(Cc1cc(OC)cc(OC)c1)c1ccc(O)cc1.COC(=O)C(Cc1cc(OC)cc(OC)c1)c1ccc(Oc2ccc(/C=C3\SC(=O)NC3=O)cc2)cc1.COC(=O)C(Cc1cc(OC)cc(OC)c1)c1ccc(Oc2ccc(C=O)cc2)cc1.O=C1CSC(=O)N1.O=Cc1ccc(F)cc1.[V]. The molecular formula is C103H111FN2O26S2V. The Hall–Kier alpha value is -14.8. The Labute approximate surface area is 805 Å². The molecule has 28 nitrogen and oxygen atoms in total. The number of benzene rings is 11. The third kappa shape index (κ3) is 36.4. The Balaban J connectivity index is 0.000000438. The molecule has 0 bridgehead atoms. The fraction of sp³-hybridized carbons (Fsp3) is 0.223. The molecule has 4 N–H and O–H groups in total. The van der Waals surface area contributed by atoms with Crippen LogP contribution in [0, 0.1) is 5.82 Å². The van der Waals surface area contributed by atoms with Crippen molar-refractivity contribution in [3.63, 3.8) is 0 Å². The van der Waals surface area contributed by atoms with Crippen LogP contribution in [0.4, 0.5) is 14.0 Å². The van der Waals surface area contributed by atoms with Crippen LogP contribution >= 0.6 is 23.5 Å². The number of phenols is 2. The number of amides is 4. The molecule has 2 aliphatic heterocycles. The van der Waals surface area contributed by atoms with Crippen LogP contribution in [0.5, 0.6) is 80.5 Å². The van der Waals surface area contributed by atoms with Crippen LogP contribution in [-0.4, -0.2) is 160 Å².